The summed E-state index contributed by atoms with van der Waals surface area (Å²) in [5, 5.41) is 9.16. The Morgan fingerprint density at radius 1 is 1.47 bits per heavy atom. The number of nitrogen functional groups attached to an aromatic ring is 1. The van der Waals surface area contributed by atoms with Gasteiger partial charge in [0.25, 0.3) is 0 Å². The summed E-state index contributed by atoms with van der Waals surface area (Å²) >= 11 is 0. The van der Waals surface area contributed by atoms with Crippen molar-refractivity contribution in [2.24, 2.45) is 5.92 Å². The lowest BCUT2D eigenvalue weighted by Crippen LogP contribution is -2.13. The Labute approximate surface area is 101 Å². The van der Waals surface area contributed by atoms with Crippen LogP contribution in [0.2, 0.25) is 0 Å². The summed E-state index contributed by atoms with van der Waals surface area (Å²) in [6.07, 6.45) is 0.882. The van der Waals surface area contributed by atoms with Gasteiger partial charge in [0.1, 0.15) is 5.82 Å². The molecule has 17 heavy (non-hydrogen) atoms. The number of aromatic nitrogens is 2. The van der Waals surface area contributed by atoms with Crippen LogP contribution in [-0.2, 0) is 13.0 Å². The minimum absolute atomic E-state index is 0.192. The maximum atomic E-state index is 9.16. The zero-order valence-electron chi connectivity index (χ0n) is 10.3. The number of aliphatic hydroxyl groups excluding tert-OH is 1. The normalized spacial score (nSPS) is 13.1. The quantitative estimate of drug-likeness (QED) is 0.792. The zero-order chi connectivity index (χ0) is 12.4. The Morgan fingerprint density at radius 2 is 2.24 bits per heavy atom. The van der Waals surface area contributed by atoms with E-state index in [4.69, 9.17) is 10.8 Å². The van der Waals surface area contributed by atoms with Gasteiger partial charge in [0.2, 0.25) is 0 Å². The largest absolute Gasteiger partial charge is 0.399 e. The van der Waals surface area contributed by atoms with Gasteiger partial charge in [0, 0.05) is 25.3 Å². The first-order valence-corrected chi connectivity index (χ1v) is 6.01. The lowest BCUT2D eigenvalue weighted by atomic mass is 10.2. The van der Waals surface area contributed by atoms with Gasteiger partial charge in [-0.25, -0.2) is 4.98 Å². The van der Waals surface area contributed by atoms with Crippen molar-refractivity contribution >= 4 is 16.7 Å². The molecule has 1 unspecified atom stereocenters. The monoisotopic (exact) mass is 233 g/mol. The summed E-state index contributed by atoms with van der Waals surface area (Å²) in [5.74, 6) is 1.28. The van der Waals surface area contributed by atoms with Crippen LogP contribution in [0.5, 0.6) is 0 Å². The molecule has 92 valence electrons. The predicted octanol–water partition coefficient (Wildman–Crippen LogP) is 1.81. The van der Waals surface area contributed by atoms with Crippen LogP contribution < -0.4 is 5.73 Å². The third kappa shape index (κ3) is 2.26. The second-order valence-corrected chi connectivity index (χ2v) is 4.53. The zero-order valence-corrected chi connectivity index (χ0v) is 10.3. The molecule has 0 saturated carbocycles. The molecule has 0 saturated heterocycles. The molecule has 1 aromatic heterocycles. The number of aryl methyl sites for hydroxylation is 1. The van der Waals surface area contributed by atoms with Crippen molar-refractivity contribution in [1.29, 1.82) is 0 Å². The molecule has 2 aromatic rings. The van der Waals surface area contributed by atoms with Crippen LogP contribution >= 0.6 is 0 Å². The maximum absolute atomic E-state index is 9.16. The molecule has 1 heterocycles. The fourth-order valence-electron chi connectivity index (χ4n) is 2.04. The van der Waals surface area contributed by atoms with Crippen LogP contribution in [0.3, 0.4) is 0 Å². The third-order valence-corrected chi connectivity index (χ3v) is 2.97. The van der Waals surface area contributed by atoms with Gasteiger partial charge in [-0.1, -0.05) is 13.8 Å². The van der Waals surface area contributed by atoms with Crippen LogP contribution in [0.4, 0.5) is 5.69 Å². The second kappa shape index (κ2) is 4.75. The summed E-state index contributed by atoms with van der Waals surface area (Å²) in [6.45, 7) is 5.10. The Kier molecular flexibility index (Phi) is 3.33. The highest BCUT2D eigenvalue weighted by molar-refractivity contribution is 5.79. The van der Waals surface area contributed by atoms with Crippen molar-refractivity contribution in [3.05, 3.63) is 24.0 Å². The first-order valence-electron chi connectivity index (χ1n) is 6.01. The summed E-state index contributed by atoms with van der Waals surface area (Å²) < 4.78 is 2.18. The molecule has 0 spiro atoms. The van der Waals surface area contributed by atoms with E-state index >= 15 is 0 Å². The van der Waals surface area contributed by atoms with Crippen LogP contribution in [0.1, 0.15) is 19.7 Å². The molecule has 0 bridgehead atoms. The highest BCUT2D eigenvalue weighted by Gasteiger charge is 2.11. The third-order valence-electron chi connectivity index (χ3n) is 2.97. The van der Waals surface area contributed by atoms with E-state index in [2.05, 4.69) is 16.5 Å². The average molecular weight is 233 g/mol. The molecule has 0 amide bonds. The lowest BCUT2D eigenvalue weighted by molar-refractivity contribution is 0.223. The molecule has 1 aromatic carbocycles. The van der Waals surface area contributed by atoms with Gasteiger partial charge in [-0.15, -0.1) is 0 Å². The molecule has 4 nitrogen and oxygen atoms in total. The summed E-state index contributed by atoms with van der Waals surface area (Å²) in [4.78, 5) is 4.58. The number of rotatable bonds is 4. The maximum Gasteiger partial charge on any atom is 0.109 e. The number of aliphatic hydroxyl groups is 1. The minimum Gasteiger partial charge on any atom is -0.399 e. The number of nitrogens with two attached hydrogens (primary N) is 1. The Balaban J connectivity index is 2.50. The van der Waals surface area contributed by atoms with E-state index in [0.29, 0.717) is 0 Å². The molecular weight excluding hydrogens is 214 g/mol. The van der Waals surface area contributed by atoms with E-state index < -0.39 is 0 Å². The molecule has 0 aliphatic carbocycles. The molecule has 0 aliphatic heterocycles. The highest BCUT2D eigenvalue weighted by Crippen LogP contribution is 2.20. The molecule has 1 atom stereocenters. The minimum atomic E-state index is 0.192. The number of anilines is 1. The fraction of sp³-hybridized carbons (Fsp3) is 0.462. The number of benzene rings is 1. The van der Waals surface area contributed by atoms with Crippen molar-refractivity contribution in [2.45, 2.75) is 26.8 Å². The predicted molar refractivity (Wildman–Crippen MR) is 69.8 cm³/mol. The van der Waals surface area contributed by atoms with Gasteiger partial charge in [-0.2, -0.15) is 0 Å². The van der Waals surface area contributed by atoms with Crippen molar-refractivity contribution in [2.75, 3.05) is 12.3 Å². The molecular formula is C13H19N3O. The number of fused-ring (bicyclic) bond motifs is 1. The topological polar surface area (TPSA) is 64.1 Å². The summed E-state index contributed by atoms with van der Waals surface area (Å²) in [6, 6.07) is 5.79. The van der Waals surface area contributed by atoms with Gasteiger partial charge < -0.3 is 15.4 Å². The van der Waals surface area contributed by atoms with Gasteiger partial charge >= 0.3 is 0 Å². The van der Waals surface area contributed by atoms with Crippen molar-refractivity contribution in [3.63, 3.8) is 0 Å². The Morgan fingerprint density at radius 3 is 2.88 bits per heavy atom. The lowest BCUT2D eigenvalue weighted by Gasteiger charge is -2.12. The molecule has 2 rings (SSSR count). The van der Waals surface area contributed by atoms with Crippen LogP contribution in [0, 0.1) is 5.92 Å². The van der Waals surface area contributed by atoms with E-state index in [1.54, 1.807) is 0 Å². The SMILES string of the molecule is CCc1nc2cc(N)ccc2n1CC(C)CO. The molecule has 4 heteroatoms. The van der Waals surface area contributed by atoms with Crippen LogP contribution in [0.15, 0.2) is 18.2 Å². The molecule has 3 N–H and O–H groups in total. The van der Waals surface area contributed by atoms with Crippen molar-refractivity contribution < 1.29 is 5.11 Å². The molecule has 0 aliphatic rings. The second-order valence-electron chi connectivity index (χ2n) is 4.53. The van der Waals surface area contributed by atoms with Gasteiger partial charge in [-0.3, -0.25) is 0 Å². The Bertz CT molecular complexity index is 519. The first kappa shape index (κ1) is 11.9. The summed E-state index contributed by atoms with van der Waals surface area (Å²) in [5.41, 5.74) is 8.53. The fourth-order valence-corrected chi connectivity index (χ4v) is 2.04. The standard InChI is InChI=1S/C13H19N3O/c1-3-13-15-11-6-10(14)4-5-12(11)16(13)7-9(2)8-17/h4-6,9,17H,3,7-8,14H2,1-2H3. The van der Waals surface area contributed by atoms with E-state index in [1.165, 1.54) is 0 Å². The smallest absolute Gasteiger partial charge is 0.109 e. The number of hydrogen-bond donors (Lipinski definition) is 2. The van der Waals surface area contributed by atoms with Crippen molar-refractivity contribution in [1.82, 2.24) is 9.55 Å². The molecule has 0 radical (unpaired) electrons. The van der Waals surface area contributed by atoms with Gasteiger partial charge in [0.15, 0.2) is 0 Å². The highest BCUT2D eigenvalue weighted by atomic mass is 16.3. The van der Waals surface area contributed by atoms with E-state index in [0.717, 1.165) is 35.5 Å². The number of nitrogens with zero attached hydrogens (tertiary/aromatic N) is 2. The summed E-state index contributed by atoms with van der Waals surface area (Å²) in [7, 11) is 0. The first-order chi connectivity index (χ1) is 8.15. The van der Waals surface area contributed by atoms with Gasteiger partial charge in [-0.05, 0) is 24.1 Å². The Hall–Kier alpha value is -1.55. The van der Waals surface area contributed by atoms with E-state index in [9.17, 15) is 0 Å². The van der Waals surface area contributed by atoms with Gasteiger partial charge in [0.05, 0.1) is 11.0 Å². The van der Waals surface area contributed by atoms with E-state index in [1.807, 2.05) is 25.1 Å². The number of hydrogen-bond acceptors (Lipinski definition) is 3. The number of imidazole rings is 1. The average Bonchev–Trinajstić information content (AvgIpc) is 2.66. The molecule has 0 fully saturated rings. The van der Waals surface area contributed by atoms with E-state index in [-0.39, 0.29) is 12.5 Å². The van der Waals surface area contributed by atoms with Crippen LogP contribution in [-0.4, -0.2) is 21.3 Å². The van der Waals surface area contributed by atoms with Crippen molar-refractivity contribution in [3.8, 4) is 0 Å². The van der Waals surface area contributed by atoms with Crippen LogP contribution in [0.25, 0.3) is 11.0 Å².